The summed E-state index contributed by atoms with van der Waals surface area (Å²) in [5, 5.41) is 0. The second kappa shape index (κ2) is 7.49. The van der Waals surface area contributed by atoms with E-state index in [0.29, 0.717) is 5.54 Å². The van der Waals surface area contributed by atoms with E-state index in [0.717, 1.165) is 18.4 Å². The van der Waals surface area contributed by atoms with Crippen LogP contribution in [-0.2, 0) is 0 Å². The van der Waals surface area contributed by atoms with Gasteiger partial charge < -0.3 is 5.73 Å². The van der Waals surface area contributed by atoms with E-state index in [1.165, 1.54) is 51.5 Å². The first-order valence-corrected chi connectivity index (χ1v) is 7.97. The van der Waals surface area contributed by atoms with Gasteiger partial charge in [0.25, 0.3) is 0 Å². The van der Waals surface area contributed by atoms with E-state index in [1.54, 1.807) is 0 Å². The van der Waals surface area contributed by atoms with E-state index in [1.807, 2.05) is 0 Å². The Morgan fingerprint density at radius 1 is 1.28 bits per heavy atom. The molecule has 1 aliphatic carbocycles. The normalized spacial score (nSPS) is 29.8. The first kappa shape index (κ1) is 16.0. The van der Waals surface area contributed by atoms with Crippen molar-refractivity contribution in [2.45, 2.75) is 71.3 Å². The summed E-state index contributed by atoms with van der Waals surface area (Å²) in [6.45, 7) is 9.06. The zero-order chi connectivity index (χ0) is 13.6. The van der Waals surface area contributed by atoms with Crippen molar-refractivity contribution >= 4 is 0 Å². The molecule has 2 nitrogen and oxygen atoms in total. The third-order valence-corrected chi connectivity index (χ3v) is 5.18. The molecular weight excluding hydrogens is 220 g/mol. The summed E-state index contributed by atoms with van der Waals surface area (Å²) in [6.07, 6.45) is 9.30. The SMILES string of the molecule is CCCCN(C)C1(CN)CCCC(C(C)C)CC1. The fourth-order valence-corrected chi connectivity index (χ4v) is 3.46. The van der Waals surface area contributed by atoms with Gasteiger partial charge >= 0.3 is 0 Å². The smallest absolute Gasteiger partial charge is 0.0328 e. The van der Waals surface area contributed by atoms with Crippen molar-refractivity contribution in [2.75, 3.05) is 20.1 Å². The Balaban J connectivity index is 2.63. The van der Waals surface area contributed by atoms with E-state index >= 15 is 0 Å². The van der Waals surface area contributed by atoms with Gasteiger partial charge in [0, 0.05) is 12.1 Å². The van der Waals surface area contributed by atoms with Gasteiger partial charge in [-0.25, -0.2) is 0 Å². The van der Waals surface area contributed by atoms with Gasteiger partial charge in [-0.3, -0.25) is 4.90 Å². The van der Waals surface area contributed by atoms with E-state index in [-0.39, 0.29) is 0 Å². The summed E-state index contributed by atoms with van der Waals surface area (Å²) in [6, 6.07) is 0. The van der Waals surface area contributed by atoms with Gasteiger partial charge in [0.05, 0.1) is 0 Å². The Hall–Kier alpha value is -0.0800. The summed E-state index contributed by atoms with van der Waals surface area (Å²) in [7, 11) is 2.29. The predicted octanol–water partition coefficient (Wildman–Crippen LogP) is 3.65. The first-order chi connectivity index (χ1) is 8.55. The number of hydrogen-bond donors (Lipinski definition) is 1. The molecule has 18 heavy (non-hydrogen) atoms. The predicted molar refractivity (Wildman–Crippen MR) is 80.7 cm³/mol. The first-order valence-electron chi connectivity index (χ1n) is 7.97. The van der Waals surface area contributed by atoms with Crippen LogP contribution in [0.2, 0.25) is 0 Å². The molecule has 2 heteroatoms. The van der Waals surface area contributed by atoms with E-state index in [4.69, 9.17) is 5.73 Å². The van der Waals surface area contributed by atoms with E-state index in [2.05, 4.69) is 32.7 Å². The summed E-state index contributed by atoms with van der Waals surface area (Å²) in [4.78, 5) is 2.57. The second-order valence-electron chi connectivity index (χ2n) is 6.64. The van der Waals surface area contributed by atoms with Gasteiger partial charge in [0.2, 0.25) is 0 Å². The van der Waals surface area contributed by atoms with Crippen LogP contribution in [0.25, 0.3) is 0 Å². The molecule has 2 N–H and O–H groups in total. The third-order valence-electron chi connectivity index (χ3n) is 5.18. The van der Waals surface area contributed by atoms with Crippen LogP contribution in [0.1, 0.15) is 65.7 Å². The maximum Gasteiger partial charge on any atom is 0.0328 e. The average Bonchev–Trinajstić information content (AvgIpc) is 2.59. The van der Waals surface area contributed by atoms with Gasteiger partial charge in [0.15, 0.2) is 0 Å². The van der Waals surface area contributed by atoms with Crippen molar-refractivity contribution in [1.29, 1.82) is 0 Å². The topological polar surface area (TPSA) is 29.3 Å². The van der Waals surface area contributed by atoms with Crippen LogP contribution in [0.3, 0.4) is 0 Å². The molecule has 0 heterocycles. The fraction of sp³-hybridized carbons (Fsp3) is 1.00. The quantitative estimate of drug-likeness (QED) is 0.733. The maximum absolute atomic E-state index is 6.16. The molecule has 2 atom stereocenters. The van der Waals surface area contributed by atoms with Crippen LogP contribution in [0, 0.1) is 11.8 Å². The largest absolute Gasteiger partial charge is 0.329 e. The standard InChI is InChI=1S/C16H34N2/c1-5-6-12-18(4)16(13-17)10-7-8-15(9-11-16)14(2)3/h14-15H,5-13,17H2,1-4H3. The van der Waals surface area contributed by atoms with Crippen molar-refractivity contribution in [2.24, 2.45) is 17.6 Å². The zero-order valence-corrected chi connectivity index (χ0v) is 13.0. The molecule has 0 amide bonds. The number of nitrogens with two attached hydrogens (primary N) is 1. The molecule has 0 aliphatic heterocycles. The summed E-state index contributed by atoms with van der Waals surface area (Å²) in [5.41, 5.74) is 6.45. The third kappa shape index (κ3) is 3.96. The minimum Gasteiger partial charge on any atom is -0.329 e. The lowest BCUT2D eigenvalue weighted by Gasteiger charge is -2.41. The van der Waals surface area contributed by atoms with Crippen LogP contribution in [0.4, 0.5) is 0 Å². The molecule has 2 unspecified atom stereocenters. The van der Waals surface area contributed by atoms with Crippen LogP contribution < -0.4 is 5.73 Å². The highest BCUT2D eigenvalue weighted by Gasteiger charge is 2.35. The maximum atomic E-state index is 6.16. The molecule has 0 saturated heterocycles. The molecule has 0 radical (unpaired) electrons. The summed E-state index contributed by atoms with van der Waals surface area (Å²) in [5.74, 6) is 1.75. The molecule has 0 spiro atoms. The lowest BCUT2D eigenvalue weighted by molar-refractivity contribution is 0.103. The second-order valence-corrected chi connectivity index (χ2v) is 6.64. The number of likely N-dealkylation sites (N-methyl/N-ethyl adjacent to an activating group) is 1. The van der Waals surface area contributed by atoms with E-state index < -0.39 is 0 Å². The number of nitrogens with zero attached hydrogens (tertiary/aromatic N) is 1. The Labute approximate surface area is 114 Å². The molecule has 0 aromatic carbocycles. The zero-order valence-electron chi connectivity index (χ0n) is 13.0. The molecule has 0 bridgehead atoms. The number of rotatable bonds is 6. The molecule has 0 aromatic heterocycles. The molecule has 108 valence electrons. The lowest BCUT2D eigenvalue weighted by Crippen LogP contribution is -2.52. The summed E-state index contributed by atoms with van der Waals surface area (Å²) >= 11 is 0. The monoisotopic (exact) mass is 254 g/mol. The summed E-state index contributed by atoms with van der Waals surface area (Å²) < 4.78 is 0. The average molecular weight is 254 g/mol. The van der Waals surface area contributed by atoms with Crippen molar-refractivity contribution in [3.8, 4) is 0 Å². The number of unbranched alkanes of at least 4 members (excludes halogenated alkanes) is 1. The minimum absolute atomic E-state index is 0.290. The molecular formula is C16H34N2. The van der Waals surface area contributed by atoms with Gasteiger partial charge in [-0.15, -0.1) is 0 Å². The van der Waals surface area contributed by atoms with Gasteiger partial charge in [-0.05, 0) is 51.1 Å². The highest BCUT2D eigenvalue weighted by atomic mass is 15.2. The Bertz CT molecular complexity index is 227. The number of hydrogen-bond acceptors (Lipinski definition) is 2. The molecule has 1 rings (SSSR count). The van der Waals surface area contributed by atoms with Crippen molar-refractivity contribution < 1.29 is 0 Å². The Morgan fingerprint density at radius 2 is 2.00 bits per heavy atom. The highest BCUT2D eigenvalue weighted by Crippen LogP contribution is 2.36. The minimum atomic E-state index is 0.290. The van der Waals surface area contributed by atoms with Crippen LogP contribution in [0.15, 0.2) is 0 Å². The van der Waals surface area contributed by atoms with Gasteiger partial charge in [0.1, 0.15) is 0 Å². The fourth-order valence-electron chi connectivity index (χ4n) is 3.46. The van der Waals surface area contributed by atoms with Crippen molar-refractivity contribution in [3.05, 3.63) is 0 Å². The molecule has 1 fully saturated rings. The van der Waals surface area contributed by atoms with Crippen molar-refractivity contribution in [1.82, 2.24) is 4.90 Å². The van der Waals surface area contributed by atoms with E-state index in [9.17, 15) is 0 Å². The Kier molecular flexibility index (Phi) is 6.65. The van der Waals surface area contributed by atoms with Gasteiger partial charge in [-0.1, -0.05) is 40.0 Å². The van der Waals surface area contributed by atoms with Crippen LogP contribution in [0.5, 0.6) is 0 Å². The van der Waals surface area contributed by atoms with Crippen LogP contribution >= 0.6 is 0 Å². The molecule has 1 aliphatic rings. The van der Waals surface area contributed by atoms with Crippen molar-refractivity contribution in [3.63, 3.8) is 0 Å². The molecule has 0 aromatic rings. The lowest BCUT2D eigenvalue weighted by atomic mass is 9.85. The van der Waals surface area contributed by atoms with Crippen LogP contribution in [-0.4, -0.2) is 30.6 Å². The Morgan fingerprint density at radius 3 is 2.56 bits per heavy atom. The van der Waals surface area contributed by atoms with Gasteiger partial charge in [-0.2, -0.15) is 0 Å². The highest BCUT2D eigenvalue weighted by molar-refractivity contribution is 4.93. The molecule has 1 saturated carbocycles.